The number of rotatable bonds is 4. The van der Waals surface area contributed by atoms with Crippen LogP contribution < -0.4 is 0 Å². The van der Waals surface area contributed by atoms with E-state index in [1.807, 2.05) is 30.3 Å². The lowest BCUT2D eigenvalue weighted by molar-refractivity contribution is 0.112. The molecular weight excluding hydrogens is 240 g/mol. The molecule has 0 aliphatic heterocycles. The Balaban J connectivity index is 2.11. The number of carbonyl (C=O) groups excluding carboxylic acids is 1. The summed E-state index contributed by atoms with van der Waals surface area (Å²) in [7, 11) is 0. The van der Waals surface area contributed by atoms with Crippen LogP contribution in [0.15, 0.2) is 40.9 Å². The molecule has 0 N–H and O–H groups in total. The minimum absolute atomic E-state index is 0.563. The summed E-state index contributed by atoms with van der Waals surface area (Å²) in [5.74, 6) is 0.637. The number of hydrogen-bond donors (Lipinski definition) is 0. The zero-order valence-electron chi connectivity index (χ0n) is 10.7. The Kier molecular flexibility index (Phi) is 2.91. The predicted molar refractivity (Wildman–Crippen MR) is 73.1 cm³/mol. The molecule has 3 aromatic rings. The summed E-state index contributed by atoms with van der Waals surface area (Å²) in [6, 6.07) is 9.68. The molecule has 4 nitrogen and oxygen atoms in total. The Morgan fingerprint density at radius 1 is 1.37 bits per heavy atom. The Bertz CT molecular complexity index is 692. The van der Waals surface area contributed by atoms with Gasteiger partial charge in [0, 0.05) is 18.1 Å². The fourth-order valence-corrected chi connectivity index (χ4v) is 2.16. The smallest absolute Gasteiger partial charge is 0.156 e. The largest absolute Gasteiger partial charge is 0.454 e. The monoisotopic (exact) mass is 254 g/mol. The van der Waals surface area contributed by atoms with Crippen molar-refractivity contribution in [3.05, 3.63) is 42.1 Å². The van der Waals surface area contributed by atoms with Crippen LogP contribution in [0.5, 0.6) is 0 Å². The number of aldehydes is 1. The van der Waals surface area contributed by atoms with Gasteiger partial charge in [-0.1, -0.05) is 25.1 Å². The number of fused-ring (bicyclic) bond motifs is 1. The van der Waals surface area contributed by atoms with Gasteiger partial charge in [0.25, 0.3) is 0 Å². The summed E-state index contributed by atoms with van der Waals surface area (Å²) in [4.78, 5) is 11.1. The van der Waals surface area contributed by atoms with E-state index < -0.39 is 0 Å². The molecule has 2 heterocycles. The van der Waals surface area contributed by atoms with Gasteiger partial charge in [0.2, 0.25) is 0 Å². The van der Waals surface area contributed by atoms with Crippen LogP contribution in [0.3, 0.4) is 0 Å². The number of benzene rings is 1. The van der Waals surface area contributed by atoms with Crippen LogP contribution in [0.25, 0.3) is 22.4 Å². The summed E-state index contributed by atoms with van der Waals surface area (Å²) >= 11 is 0. The van der Waals surface area contributed by atoms with E-state index in [2.05, 4.69) is 12.0 Å². The Morgan fingerprint density at radius 3 is 2.95 bits per heavy atom. The molecule has 0 bridgehead atoms. The summed E-state index contributed by atoms with van der Waals surface area (Å²) in [6.07, 6.45) is 3.56. The molecular formula is C15H14N2O2. The molecule has 0 spiro atoms. The van der Waals surface area contributed by atoms with Crippen molar-refractivity contribution in [1.29, 1.82) is 0 Å². The quantitative estimate of drug-likeness (QED) is 0.669. The van der Waals surface area contributed by atoms with Gasteiger partial charge in [-0.15, -0.1) is 0 Å². The average molecular weight is 254 g/mol. The number of carbonyl (C=O) groups is 1. The topological polar surface area (TPSA) is 48.0 Å². The maximum absolute atomic E-state index is 11.1. The SMILES string of the molecule is CCCn1cc(C=O)c(-c2cc3ccccc3o2)n1. The number of hydrogen-bond acceptors (Lipinski definition) is 3. The first-order valence-corrected chi connectivity index (χ1v) is 6.33. The van der Waals surface area contributed by atoms with Crippen molar-refractivity contribution in [3.63, 3.8) is 0 Å². The van der Waals surface area contributed by atoms with Crippen molar-refractivity contribution in [1.82, 2.24) is 9.78 Å². The van der Waals surface area contributed by atoms with Crippen LogP contribution in [0.2, 0.25) is 0 Å². The maximum Gasteiger partial charge on any atom is 0.156 e. The minimum atomic E-state index is 0.563. The summed E-state index contributed by atoms with van der Waals surface area (Å²) in [6.45, 7) is 2.87. The fraction of sp³-hybridized carbons (Fsp3) is 0.200. The third-order valence-corrected chi connectivity index (χ3v) is 3.03. The van der Waals surface area contributed by atoms with Gasteiger partial charge in [0.1, 0.15) is 11.3 Å². The summed E-state index contributed by atoms with van der Waals surface area (Å²) in [5.41, 5.74) is 1.98. The van der Waals surface area contributed by atoms with Crippen LogP contribution in [0, 0.1) is 0 Å². The van der Waals surface area contributed by atoms with Crippen LogP contribution in [0.1, 0.15) is 23.7 Å². The molecule has 0 aliphatic rings. The molecule has 4 heteroatoms. The average Bonchev–Trinajstić information content (AvgIpc) is 3.01. The predicted octanol–water partition coefficient (Wildman–Crippen LogP) is 3.52. The van der Waals surface area contributed by atoms with Crippen molar-refractivity contribution in [3.8, 4) is 11.5 Å². The fourth-order valence-electron chi connectivity index (χ4n) is 2.16. The van der Waals surface area contributed by atoms with Gasteiger partial charge >= 0.3 is 0 Å². The lowest BCUT2D eigenvalue weighted by atomic mass is 10.2. The molecule has 3 rings (SSSR count). The first kappa shape index (κ1) is 11.7. The molecule has 2 aromatic heterocycles. The van der Waals surface area contributed by atoms with E-state index in [1.54, 1.807) is 10.9 Å². The highest BCUT2D eigenvalue weighted by Crippen LogP contribution is 2.28. The number of nitrogens with zero attached hydrogens (tertiary/aromatic N) is 2. The van der Waals surface area contributed by atoms with Gasteiger partial charge in [0.05, 0.1) is 5.56 Å². The van der Waals surface area contributed by atoms with Crippen molar-refractivity contribution in [2.24, 2.45) is 0 Å². The van der Waals surface area contributed by atoms with Gasteiger partial charge < -0.3 is 4.42 Å². The van der Waals surface area contributed by atoms with Crippen molar-refractivity contribution in [2.45, 2.75) is 19.9 Å². The van der Waals surface area contributed by atoms with Crippen LogP contribution in [-0.2, 0) is 6.54 Å². The van der Waals surface area contributed by atoms with E-state index in [0.717, 1.165) is 30.2 Å². The minimum Gasteiger partial charge on any atom is -0.454 e. The highest BCUT2D eigenvalue weighted by atomic mass is 16.3. The van der Waals surface area contributed by atoms with Crippen molar-refractivity contribution in [2.75, 3.05) is 0 Å². The summed E-state index contributed by atoms with van der Waals surface area (Å²) < 4.78 is 7.54. The molecule has 96 valence electrons. The van der Waals surface area contributed by atoms with E-state index in [1.165, 1.54) is 0 Å². The number of para-hydroxylation sites is 1. The zero-order chi connectivity index (χ0) is 13.2. The second-order valence-corrected chi connectivity index (χ2v) is 4.46. The molecule has 0 amide bonds. The third kappa shape index (κ3) is 2.05. The van der Waals surface area contributed by atoms with E-state index >= 15 is 0 Å². The molecule has 0 saturated heterocycles. The Hall–Kier alpha value is -2.36. The first-order valence-electron chi connectivity index (χ1n) is 6.33. The van der Waals surface area contributed by atoms with E-state index in [4.69, 9.17) is 4.42 Å². The van der Waals surface area contributed by atoms with Crippen LogP contribution in [-0.4, -0.2) is 16.1 Å². The molecule has 0 fully saturated rings. The maximum atomic E-state index is 11.1. The van der Waals surface area contributed by atoms with Gasteiger partial charge in [0.15, 0.2) is 12.0 Å². The molecule has 1 aromatic carbocycles. The highest BCUT2D eigenvalue weighted by Gasteiger charge is 2.14. The van der Waals surface area contributed by atoms with E-state index in [-0.39, 0.29) is 0 Å². The second kappa shape index (κ2) is 4.72. The number of aryl methyl sites for hydroxylation is 1. The zero-order valence-corrected chi connectivity index (χ0v) is 10.7. The lowest BCUT2D eigenvalue weighted by Crippen LogP contribution is -1.96. The first-order chi connectivity index (χ1) is 9.31. The van der Waals surface area contributed by atoms with Gasteiger partial charge in [-0.05, 0) is 18.6 Å². The molecule has 0 radical (unpaired) electrons. The molecule has 0 aliphatic carbocycles. The summed E-state index contributed by atoms with van der Waals surface area (Å²) in [5, 5.41) is 5.44. The lowest BCUT2D eigenvalue weighted by Gasteiger charge is -1.95. The normalized spacial score (nSPS) is 11.0. The number of aromatic nitrogens is 2. The van der Waals surface area contributed by atoms with Crippen molar-refractivity contribution < 1.29 is 9.21 Å². The van der Waals surface area contributed by atoms with E-state index in [0.29, 0.717) is 17.0 Å². The third-order valence-electron chi connectivity index (χ3n) is 3.03. The van der Waals surface area contributed by atoms with Crippen LogP contribution >= 0.6 is 0 Å². The molecule has 0 saturated carbocycles. The Labute approximate surface area is 110 Å². The van der Waals surface area contributed by atoms with Gasteiger partial charge in [-0.25, -0.2) is 0 Å². The van der Waals surface area contributed by atoms with Crippen molar-refractivity contribution >= 4 is 17.3 Å². The molecule has 0 atom stereocenters. The molecule has 0 unspecified atom stereocenters. The molecule has 19 heavy (non-hydrogen) atoms. The number of furan rings is 1. The standard InChI is InChI=1S/C15H14N2O2/c1-2-7-17-9-12(10-18)15(16-17)14-8-11-5-3-4-6-13(11)19-14/h3-6,8-10H,2,7H2,1H3. The van der Waals surface area contributed by atoms with Crippen LogP contribution in [0.4, 0.5) is 0 Å². The highest BCUT2D eigenvalue weighted by molar-refractivity contribution is 5.88. The van der Waals surface area contributed by atoms with Gasteiger partial charge in [-0.2, -0.15) is 5.10 Å². The van der Waals surface area contributed by atoms with E-state index in [9.17, 15) is 4.79 Å². The second-order valence-electron chi connectivity index (χ2n) is 4.46. The Morgan fingerprint density at radius 2 is 2.21 bits per heavy atom. The van der Waals surface area contributed by atoms with Gasteiger partial charge in [-0.3, -0.25) is 9.48 Å².